The minimum atomic E-state index is -0.667. The van der Waals surface area contributed by atoms with Crippen LogP contribution in [0.3, 0.4) is 0 Å². The number of benzene rings is 1. The van der Waals surface area contributed by atoms with E-state index in [1.54, 1.807) is 12.1 Å². The first-order valence-electron chi connectivity index (χ1n) is 11.2. The lowest BCUT2D eigenvalue weighted by Crippen LogP contribution is -2.62. The number of nitrogens with zero attached hydrogens (tertiary/aromatic N) is 2. The van der Waals surface area contributed by atoms with E-state index in [1.165, 1.54) is 7.11 Å². The van der Waals surface area contributed by atoms with Crippen molar-refractivity contribution >= 4 is 23.5 Å². The molecule has 0 aromatic heterocycles. The van der Waals surface area contributed by atoms with Crippen LogP contribution in [0.5, 0.6) is 0 Å². The number of halogens is 1. The molecule has 1 aromatic rings. The standard InChI is InChI=1S/C24H30ClN3O4/c1-28(12-16-4-3-14(11-26)7-19(16)25)13-20(32-2)22(29)27-21-17-5-15-6-18(21)10-24(8-15,9-17)23(30)31/h3-4,7,15,17-18,20-21H,5-6,8-10,12-13H2,1-2H3,(H,27,29)(H,30,31)/t15?,17?,18?,20-,21?,24?/m1/s1. The highest BCUT2D eigenvalue weighted by molar-refractivity contribution is 6.31. The first-order valence-corrected chi connectivity index (χ1v) is 11.6. The molecule has 2 N–H and O–H groups in total. The van der Waals surface area contributed by atoms with Gasteiger partial charge in [0.25, 0.3) is 5.91 Å². The molecular formula is C24H30ClN3O4. The van der Waals surface area contributed by atoms with Crippen molar-refractivity contribution in [3.63, 3.8) is 0 Å². The SMILES string of the molecule is CO[C@H](CN(C)Cc1ccc(C#N)cc1Cl)C(=O)NC1C2CC3CC1CC(C(=O)O)(C3)C2. The van der Waals surface area contributed by atoms with Gasteiger partial charge in [0.05, 0.1) is 17.0 Å². The molecule has 1 amide bonds. The van der Waals surface area contributed by atoms with Gasteiger partial charge < -0.3 is 15.2 Å². The number of hydrogen-bond acceptors (Lipinski definition) is 5. The van der Waals surface area contributed by atoms with E-state index in [0.717, 1.165) is 24.8 Å². The predicted molar refractivity (Wildman–Crippen MR) is 119 cm³/mol. The molecule has 4 saturated carbocycles. The Balaban J connectivity index is 1.36. The van der Waals surface area contributed by atoms with Gasteiger partial charge in [0.2, 0.25) is 0 Å². The van der Waals surface area contributed by atoms with Gasteiger partial charge in [-0.1, -0.05) is 17.7 Å². The Morgan fingerprint density at radius 2 is 2.03 bits per heavy atom. The molecule has 3 atom stereocenters. The number of amides is 1. The van der Waals surface area contributed by atoms with Crippen LogP contribution in [0, 0.1) is 34.5 Å². The van der Waals surface area contributed by atoms with Gasteiger partial charge in [-0.05, 0) is 74.6 Å². The summed E-state index contributed by atoms with van der Waals surface area (Å²) in [6, 6.07) is 7.29. The molecule has 7 nitrogen and oxygen atoms in total. The monoisotopic (exact) mass is 459 g/mol. The highest BCUT2D eigenvalue weighted by atomic mass is 35.5. The quantitative estimate of drug-likeness (QED) is 0.619. The minimum Gasteiger partial charge on any atom is -0.481 e. The van der Waals surface area contributed by atoms with Crippen molar-refractivity contribution in [1.29, 1.82) is 5.26 Å². The van der Waals surface area contributed by atoms with Crippen LogP contribution < -0.4 is 5.32 Å². The van der Waals surface area contributed by atoms with Gasteiger partial charge in [-0.3, -0.25) is 14.5 Å². The average Bonchev–Trinajstić information content (AvgIpc) is 2.75. The maximum atomic E-state index is 13.1. The molecule has 8 heteroatoms. The number of carboxylic acids is 1. The van der Waals surface area contributed by atoms with Gasteiger partial charge in [0, 0.05) is 31.3 Å². The molecular weight excluding hydrogens is 430 g/mol. The number of nitrogens with one attached hydrogen (secondary N) is 1. The van der Waals surface area contributed by atoms with Crippen LogP contribution in [-0.4, -0.2) is 54.7 Å². The zero-order valence-electron chi connectivity index (χ0n) is 18.5. The van der Waals surface area contributed by atoms with E-state index in [0.29, 0.717) is 42.4 Å². The summed E-state index contributed by atoms with van der Waals surface area (Å²) in [5.74, 6) is 0.118. The van der Waals surface area contributed by atoms with Crippen molar-refractivity contribution in [3.8, 4) is 6.07 Å². The molecule has 0 radical (unpaired) electrons. The lowest BCUT2D eigenvalue weighted by molar-refractivity contribution is -0.168. The fraction of sp³-hybridized carbons (Fsp3) is 0.625. The van der Waals surface area contributed by atoms with Crippen LogP contribution in [0.15, 0.2) is 18.2 Å². The Hall–Kier alpha value is -2.14. The van der Waals surface area contributed by atoms with Gasteiger partial charge in [-0.25, -0.2) is 0 Å². The minimum absolute atomic E-state index is 0.0300. The zero-order chi connectivity index (χ0) is 23.0. The third kappa shape index (κ3) is 4.36. The molecule has 0 spiro atoms. The van der Waals surface area contributed by atoms with E-state index in [2.05, 4.69) is 11.4 Å². The van der Waals surface area contributed by atoms with Crippen molar-refractivity contribution in [2.45, 2.75) is 50.8 Å². The van der Waals surface area contributed by atoms with Crippen LogP contribution in [-0.2, 0) is 20.9 Å². The Morgan fingerprint density at radius 1 is 1.34 bits per heavy atom. The number of hydrogen-bond donors (Lipinski definition) is 2. The van der Waals surface area contributed by atoms with Crippen LogP contribution in [0.2, 0.25) is 5.02 Å². The molecule has 4 aliphatic carbocycles. The van der Waals surface area contributed by atoms with E-state index >= 15 is 0 Å². The first-order chi connectivity index (χ1) is 15.2. The fourth-order valence-electron chi connectivity index (χ4n) is 6.43. The number of carbonyl (C=O) groups excluding carboxylic acids is 1. The van der Waals surface area contributed by atoms with Gasteiger partial charge in [0.1, 0.15) is 6.10 Å². The fourth-order valence-corrected chi connectivity index (χ4v) is 6.67. The van der Waals surface area contributed by atoms with E-state index in [-0.39, 0.29) is 23.8 Å². The molecule has 4 aliphatic rings. The second kappa shape index (κ2) is 9.01. The second-order valence-electron chi connectivity index (χ2n) is 9.93. The Morgan fingerprint density at radius 3 is 2.59 bits per heavy atom. The topological polar surface area (TPSA) is 103 Å². The Labute approximate surface area is 193 Å². The summed E-state index contributed by atoms with van der Waals surface area (Å²) in [5.41, 5.74) is 0.804. The molecule has 1 aromatic carbocycles. The van der Waals surface area contributed by atoms with Crippen molar-refractivity contribution in [1.82, 2.24) is 10.2 Å². The van der Waals surface area contributed by atoms with Crippen molar-refractivity contribution in [2.24, 2.45) is 23.2 Å². The number of carboxylic acid groups (broad SMARTS) is 1. The van der Waals surface area contributed by atoms with Crippen LogP contribution in [0.1, 0.15) is 43.2 Å². The summed E-state index contributed by atoms with van der Waals surface area (Å²) in [7, 11) is 3.43. The third-order valence-electron chi connectivity index (χ3n) is 7.71. The summed E-state index contributed by atoms with van der Waals surface area (Å²) < 4.78 is 5.51. The van der Waals surface area contributed by atoms with E-state index in [9.17, 15) is 14.7 Å². The smallest absolute Gasteiger partial charge is 0.309 e. The summed E-state index contributed by atoms with van der Waals surface area (Å²) in [6.07, 6.45) is 3.49. The van der Waals surface area contributed by atoms with Crippen molar-refractivity contribution in [3.05, 3.63) is 34.3 Å². The summed E-state index contributed by atoms with van der Waals surface area (Å²) >= 11 is 6.29. The predicted octanol–water partition coefficient (Wildman–Crippen LogP) is 3.05. The number of methoxy groups -OCH3 is 1. The number of carbonyl (C=O) groups is 2. The molecule has 5 rings (SSSR count). The summed E-state index contributed by atoms with van der Waals surface area (Å²) in [5, 5.41) is 22.5. The first kappa shape index (κ1) is 23.0. The van der Waals surface area contributed by atoms with E-state index < -0.39 is 17.5 Å². The van der Waals surface area contributed by atoms with Crippen LogP contribution in [0.4, 0.5) is 0 Å². The highest BCUT2D eigenvalue weighted by Crippen LogP contribution is 2.60. The molecule has 4 bridgehead atoms. The Kier molecular flexibility index (Phi) is 6.49. The summed E-state index contributed by atoms with van der Waals surface area (Å²) in [6.45, 7) is 0.914. The van der Waals surface area contributed by atoms with Crippen molar-refractivity contribution < 1.29 is 19.4 Å². The maximum Gasteiger partial charge on any atom is 0.309 e. The molecule has 0 saturated heterocycles. The van der Waals surface area contributed by atoms with Crippen molar-refractivity contribution in [2.75, 3.05) is 20.7 Å². The van der Waals surface area contributed by atoms with E-state index in [1.807, 2.05) is 18.0 Å². The van der Waals surface area contributed by atoms with Crippen LogP contribution >= 0.6 is 11.6 Å². The zero-order valence-corrected chi connectivity index (χ0v) is 19.3. The Bertz CT molecular complexity index is 930. The third-order valence-corrected chi connectivity index (χ3v) is 8.06. The number of ether oxygens (including phenoxy) is 1. The average molecular weight is 460 g/mol. The number of rotatable bonds is 8. The van der Waals surface area contributed by atoms with Gasteiger partial charge in [-0.15, -0.1) is 0 Å². The number of likely N-dealkylation sites (N-methyl/N-ethyl adjacent to an activating group) is 1. The van der Waals surface area contributed by atoms with E-state index in [4.69, 9.17) is 21.6 Å². The molecule has 0 aliphatic heterocycles. The summed E-state index contributed by atoms with van der Waals surface area (Å²) in [4.78, 5) is 27.0. The highest BCUT2D eigenvalue weighted by Gasteiger charge is 2.59. The second-order valence-corrected chi connectivity index (χ2v) is 10.3. The number of nitriles is 1. The molecule has 0 heterocycles. The van der Waals surface area contributed by atoms with Gasteiger partial charge in [0.15, 0.2) is 0 Å². The largest absolute Gasteiger partial charge is 0.481 e. The number of aliphatic carboxylic acids is 1. The normalized spacial score (nSPS) is 31.3. The molecule has 172 valence electrons. The maximum absolute atomic E-state index is 13.1. The van der Waals surface area contributed by atoms with Crippen LogP contribution in [0.25, 0.3) is 0 Å². The van der Waals surface area contributed by atoms with Gasteiger partial charge in [-0.2, -0.15) is 5.26 Å². The molecule has 4 fully saturated rings. The molecule has 2 unspecified atom stereocenters. The molecule has 32 heavy (non-hydrogen) atoms. The van der Waals surface area contributed by atoms with Gasteiger partial charge >= 0.3 is 5.97 Å². The lowest BCUT2D eigenvalue weighted by Gasteiger charge is -2.58. The lowest BCUT2D eigenvalue weighted by atomic mass is 9.48.